The van der Waals surface area contributed by atoms with E-state index in [1.807, 2.05) is 0 Å². The number of rotatable bonds is 6. The molecule has 0 aliphatic carbocycles. The number of hydrogen-bond acceptors (Lipinski definition) is 3. The Labute approximate surface area is 113 Å². The van der Waals surface area contributed by atoms with Gasteiger partial charge in [-0.2, -0.15) is 0 Å². The van der Waals surface area contributed by atoms with Gasteiger partial charge < -0.3 is 15.1 Å². The molecule has 0 aromatic rings. The molecule has 18 heavy (non-hydrogen) atoms. The van der Waals surface area contributed by atoms with Crippen LogP contribution in [0.3, 0.4) is 0 Å². The van der Waals surface area contributed by atoms with E-state index in [2.05, 4.69) is 35.9 Å². The fourth-order valence-electron chi connectivity index (χ4n) is 3.36. The van der Waals surface area contributed by atoms with Crippen molar-refractivity contribution in [3.63, 3.8) is 0 Å². The SMILES string of the molecule is CCCNC1CCN(CC2CCN(C(C)C)C2)C1. The van der Waals surface area contributed by atoms with Crippen molar-refractivity contribution in [3.05, 3.63) is 0 Å². The minimum Gasteiger partial charge on any atom is -0.313 e. The minimum absolute atomic E-state index is 0.729. The lowest BCUT2D eigenvalue weighted by Gasteiger charge is -2.23. The van der Waals surface area contributed by atoms with E-state index < -0.39 is 0 Å². The van der Waals surface area contributed by atoms with Crippen molar-refractivity contribution >= 4 is 0 Å². The zero-order chi connectivity index (χ0) is 13.0. The van der Waals surface area contributed by atoms with Crippen LogP contribution in [0.25, 0.3) is 0 Å². The molecular weight excluding hydrogens is 222 g/mol. The summed E-state index contributed by atoms with van der Waals surface area (Å²) in [6.07, 6.45) is 4.00. The average molecular weight is 253 g/mol. The van der Waals surface area contributed by atoms with E-state index in [0.717, 1.165) is 18.0 Å². The van der Waals surface area contributed by atoms with E-state index in [1.54, 1.807) is 0 Å². The molecule has 106 valence electrons. The van der Waals surface area contributed by atoms with Crippen molar-refractivity contribution < 1.29 is 0 Å². The van der Waals surface area contributed by atoms with E-state index in [9.17, 15) is 0 Å². The van der Waals surface area contributed by atoms with Crippen molar-refractivity contribution in [2.45, 2.75) is 52.1 Å². The Morgan fingerprint density at radius 1 is 1.17 bits per heavy atom. The highest BCUT2D eigenvalue weighted by Gasteiger charge is 2.28. The number of likely N-dealkylation sites (tertiary alicyclic amines) is 2. The summed E-state index contributed by atoms with van der Waals surface area (Å²) in [5.41, 5.74) is 0. The molecule has 0 aromatic heterocycles. The fraction of sp³-hybridized carbons (Fsp3) is 1.00. The summed E-state index contributed by atoms with van der Waals surface area (Å²) in [6.45, 7) is 14.6. The van der Waals surface area contributed by atoms with Gasteiger partial charge in [-0.1, -0.05) is 6.92 Å². The topological polar surface area (TPSA) is 18.5 Å². The van der Waals surface area contributed by atoms with Crippen molar-refractivity contribution in [1.82, 2.24) is 15.1 Å². The van der Waals surface area contributed by atoms with Crippen LogP contribution in [0.1, 0.15) is 40.0 Å². The second-order valence-electron chi connectivity index (χ2n) is 6.44. The highest BCUT2D eigenvalue weighted by molar-refractivity contribution is 4.85. The van der Waals surface area contributed by atoms with Gasteiger partial charge in [-0.3, -0.25) is 0 Å². The van der Waals surface area contributed by atoms with Gasteiger partial charge in [0.05, 0.1) is 0 Å². The number of nitrogens with zero attached hydrogens (tertiary/aromatic N) is 2. The Bertz CT molecular complexity index is 242. The lowest BCUT2D eigenvalue weighted by Crippen LogP contribution is -2.35. The van der Waals surface area contributed by atoms with E-state index in [0.29, 0.717) is 0 Å². The van der Waals surface area contributed by atoms with Gasteiger partial charge in [0.2, 0.25) is 0 Å². The maximum absolute atomic E-state index is 3.66. The summed E-state index contributed by atoms with van der Waals surface area (Å²) >= 11 is 0. The van der Waals surface area contributed by atoms with Crippen LogP contribution in [0.4, 0.5) is 0 Å². The Hall–Kier alpha value is -0.120. The molecule has 0 aromatic carbocycles. The maximum atomic E-state index is 3.66. The third-order valence-corrected chi connectivity index (χ3v) is 4.52. The van der Waals surface area contributed by atoms with Gasteiger partial charge in [0, 0.05) is 31.7 Å². The average Bonchev–Trinajstić information content (AvgIpc) is 2.96. The molecule has 2 saturated heterocycles. The van der Waals surface area contributed by atoms with Crippen LogP contribution in [0.5, 0.6) is 0 Å². The van der Waals surface area contributed by atoms with Gasteiger partial charge in [0.15, 0.2) is 0 Å². The van der Waals surface area contributed by atoms with E-state index in [4.69, 9.17) is 0 Å². The Morgan fingerprint density at radius 2 is 2.00 bits per heavy atom. The molecule has 3 nitrogen and oxygen atoms in total. The summed E-state index contributed by atoms with van der Waals surface area (Å²) in [5.74, 6) is 0.914. The standard InChI is InChI=1S/C15H31N3/c1-4-7-16-15-6-8-17(12-15)10-14-5-9-18(11-14)13(2)3/h13-16H,4-12H2,1-3H3. The number of nitrogens with one attached hydrogen (secondary N) is 1. The van der Waals surface area contributed by atoms with Gasteiger partial charge in [-0.25, -0.2) is 0 Å². The molecule has 2 heterocycles. The van der Waals surface area contributed by atoms with Crippen molar-refractivity contribution in [3.8, 4) is 0 Å². The van der Waals surface area contributed by atoms with Crippen LogP contribution >= 0.6 is 0 Å². The van der Waals surface area contributed by atoms with Gasteiger partial charge >= 0.3 is 0 Å². The van der Waals surface area contributed by atoms with Crippen LogP contribution in [0.2, 0.25) is 0 Å². The monoisotopic (exact) mass is 253 g/mol. The lowest BCUT2D eigenvalue weighted by molar-refractivity contribution is 0.236. The molecular formula is C15H31N3. The second kappa shape index (κ2) is 6.88. The molecule has 2 atom stereocenters. The highest BCUT2D eigenvalue weighted by Crippen LogP contribution is 2.21. The van der Waals surface area contributed by atoms with Gasteiger partial charge in [0.1, 0.15) is 0 Å². The Kier molecular flexibility index (Phi) is 5.46. The first kappa shape index (κ1) is 14.3. The van der Waals surface area contributed by atoms with E-state index in [1.165, 1.54) is 58.5 Å². The van der Waals surface area contributed by atoms with Crippen LogP contribution in [-0.2, 0) is 0 Å². The summed E-state index contributed by atoms with van der Waals surface area (Å²) in [4.78, 5) is 5.31. The van der Waals surface area contributed by atoms with Crippen LogP contribution in [0.15, 0.2) is 0 Å². The normalized spacial score (nSPS) is 30.7. The predicted octanol–water partition coefficient (Wildman–Crippen LogP) is 1.79. The first-order valence-corrected chi connectivity index (χ1v) is 7.88. The Morgan fingerprint density at radius 3 is 2.67 bits per heavy atom. The third-order valence-electron chi connectivity index (χ3n) is 4.52. The fourth-order valence-corrected chi connectivity index (χ4v) is 3.36. The predicted molar refractivity (Wildman–Crippen MR) is 78.0 cm³/mol. The van der Waals surface area contributed by atoms with Crippen molar-refractivity contribution in [2.24, 2.45) is 5.92 Å². The number of hydrogen-bond donors (Lipinski definition) is 1. The first-order valence-electron chi connectivity index (χ1n) is 7.88. The lowest BCUT2D eigenvalue weighted by atomic mass is 10.1. The zero-order valence-electron chi connectivity index (χ0n) is 12.5. The van der Waals surface area contributed by atoms with Gasteiger partial charge in [0.25, 0.3) is 0 Å². The largest absolute Gasteiger partial charge is 0.313 e. The van der Waals surface area contributed by atoms with Crippen LogP contribution < -0.4 is 5.32 Å². The van der Waals surface area contributed by atoms with Gasteiger partial charge in [-0.05, 0) is 58.7 Å². The molecule has 2 fully saturated rings. The maximum Gasteiger partial charge on any atom is 0.0207 e. The molecule has 3 heteroatoms. The van der Waals surface area contributed by atoms with Crippen LogP contribution in [0, 0.1) is 5.92 Å². The summed E-state index contributed by atoms with van der Waals surface area (Å²) in [6, 6.07) is 1.49. The summed E-state index contributed by atoms with van der Waals surface area (Å²) < 4.78 is 0. The summed E-state index contributed by atoms with van der Waals surface area (Å²) in [5, 5.41) is 3.66. The van der Waals surface area contributed by atoms with E-state index >= 15 is 0 Å². The van der Waals surface area contributed by atoms with E-state index in [-0.39, 0.29) is 0 Å². The summed E-state index contributed by atoms with van der Waals surface area (Å²) in [7, 11) is 0. The minimum atomic E-state index is 0.729. The quantitative estimate of drug-likeness (QED) is 0.778. The molecule has 2 rings (SSSR count). The zero-order valence-corrected chi connectivity index (χ0v) is 12.5. The first-order chi connectivity index (χ1) is 8.69. The molecule has 0 saturated carbocycles. The molecule has 0 amide bonds. The molecule has 0 radical (unpaired) electrons. The third kappa shape index (κ3) is 3.94. The molecule has 0 bridgehead atoms. The van der Waals surface area contributed by atoms with Gasteiger partial charge in [-0.15, -0.1) is 0 Å². The van der Waals surface area contributed by atoms with Crippen LogP contribution in [-0.4, -0.2) is 61.2 Å². The Balaban J connectivity index is 1.66. The van der Waals surface area contributed by atoms with Crippen molar-refractivity contribution in [2.75, 3.05) is 39.3 Å². The molecule has 0 spiro atoms. The smallest absolute Gasteiger partial charge is 0.0207 e. The molecule has 1 N–H and O–H groups in total. The van der Waals surface area contributed by atoms with Crippen molar-refractivity contribution in [1.29, 1.82) is 0 Å². The molecule has 2 aliphatic rings. The molecule has 2 aliphatic heterocycles. The highest BCUT2D eigenvalue weighted by atomic mass is 15.2. The molecule has 2 unspecified atom stereocenters. The second-order valence-corrected chi connectivity index (χ2v) is 6.44.